The van der Waals surface area contributed by atoms with Crippen LogP contribution in [0.3, 0.4) is 0 Å². The molecule has 0 radical (unpaired) electrons. The second-order valence-corrected chi connectivity index (χ2v) is 8.83. The van der Waals surface area contributed by atoms with E-state index < -0.39 is 0 Å². The van der Waals surface area contributed by atoms with Gasteiger partial charge in [0, 0.05) is 18.0 Å². The van der Waals surface area contributed by atoms with Gasteiger partial charge in [-0.2, -0.15) is 0 Å². The number of benzene rings is 2. The minimum absolute atomic E-state index is 0.0797. The Balaban J connectivity index is 1.58. The Morgan fingerprint density at radius 1 is 1.03 bits per heavy atom. The highest BCUT2D eigenvalue weighted by molar-refractivity contribution is 7.22. The Morgan fingerprint density at radius 3 is 2.77 bits per heavy atom. The number of pyridine rings is 1. The van der Waals surface area contributed by atoms with Gasteiger partial charge in [0.25, 0.3) is 5.91 Å². The summed E-state index contributed by atoms with van der Waals surface area (Å²) in [4.78, 5) is 28.6. The van der Waals surface area contributed by atoms with Crippen molar-refractivity contribution in [1.29, 1.82) is 0 Å². The fourth-order valence-electron chi connectivity index (χ4n) is 3.34. The number of rotatable bonds is 5. The van der Waals surface area contributed by atoms with Crippen LogP contribution >= 0.6 is 22.7 Å². The minimum Gasteiger partial charge on any atom is -0.279 e. The van der Waals surface area contributed by atoms with Crippen molar-refractivity contribution in [3.8, 4) is 0 Å². The highest BCUT2D eigenvalue weighted by atomic mass is 32.1. The zero-order valence-corrected chi connectivity index (χ0v) is 17.9. The second-order valence-electron chi connectivity index (χ2n) is 6.94. The molecule has 1 amide bonds. The molecule has 0 aliphatic rings. The quantitative estimate of drug-likeness (QED) is 0.358. The van der Waals surface area contributed by atoms with E-state index in [0.29, 0.717) is 17.2 Å². The van der Waals surface area contributed by atoms with Crippen LogP contribution in [0.5, 0.6) is 0 Å². The van der Waals surface area contributed by atoms with Crippen molar-refractivity contribution in [3.63, 3.8) is 0 Å². The number of amides is 1. The van der Waals surface area contributed by atoms with E-state index in [1.165, 1.54) is 16.9 Å². The lowest BCUT2D eigenvalue weighted by molar-refractivity contribution is 0.0985. The maximum atomic E-state index is 13.6. The number of aromatic nitrogens is 3. The molecule has 0 aliphatic carbocycles. The summed E-state index contributed by atoms with van der Waals surface area (Å²) in [5, 5.41) is 0.691. The van der Waals surface area contributed by atoms with Crippen LogP contribution in [0, 0.1) is 0 Å². The van der Waals surface area contributed by atoms with Crippen molar-refractivity contribution in [2.24, 2.45) is 0 Å². The van der Waals surface area contributed by atoms with E-state index in [0.717, 1.165) is 32.4 Å². The number of anilines is 1. The average Bonchev–Trinajstić information content (AvgIpc) is 3.43. The number of hydrogen-bond acceptors (Lipinski definition) is 6. The van der Waals surface area contributed by atoms with Crippen LogP contribution in [0.4, 0.5) is 5.13 Å². The van der Waals surface area contributed by atoms with E-state index in [1.54, 1.807) is 34.1 Å². The number of aryl methyl sites for hydroxylation is 1. The molecule has 0 saturated heterocycles. The maximum absolute atomic E-state index is 13.6. The SMILES string of the molecule is CCc1ccc2nc(N(Cc3cccnc3)C(=O)c3ccc4ncsc4c3)sc2c1. The van der Waals surface area contributed by atoms with Crippen molar-refractivity contribution in [2.75, 3.05) is 4.90 Å². The van der Waals surface area contributed by atoms with Gasteiger partial charge < -0.3 is 0 Å². The third-order valence-corrected chi connectivity index (χ3v) is 6.80. The van der Waals surface area contributed by atoms with Gasteiger partial charge in [0.05, 0.1) is 32.5 Å². The van der Waals surface area contributed by atoms with Crippen LogP contribution in [-0.2, 0) is 13.0 Å². The predicted octanol–water partition coefficient (Wildman–Crippen LogP) is 5.71. The third-order valence-electron chi connectivity index (χ3n) is 4.97. The van der Waals surface area contributed by atoms with Gasteiger partial charge >= 0.3 is 0 Å². The first-order valence-corrected chi connectivity index (χ1v) is 11.3. The molecule has 5 nitrogen and oxygen atoms in total. The number of hydrogen-bond donors (Lipinski definition) is 0. The molecular formula is C23H18N4OS2. The lowest BCUT2D eigenvalue weighted by Gasteiger charge is -2.20. The van der Waals surface area contributed by atoms with Crippen molar-refractivity contribution in [2.45, 2.75) is 19.9 Å². The minimum atomic E-state index is -0.0797. The molecule has 3 aromatic heterocycles. The lowest BCUT2D eigenvalue weighted by atomic mass is 10.1. The van der Waals surface area contributed by atoms with Crippen molar-refractivity contribution in [1.82, 2.24) is 15.0 Å². The number of thiazole rings is 2. The van der Waals surface area contributed by atoms with Crippen LogP contribution < -0.4 is 4.90 Å². The molecule has 0 N–H and O–H groups in total. The van der Waals surface area contributed by atoms with Gasteiger partial charge in [0.1, 0.15) is 0 Å². The maximum Gasteiger partial charge on any atom is 0.260 e. The molecule has 0 bridgehead atoms. The summed E-state index contributed by atoms with van der Waals surface area (Å²) in [5.41, 5.74) is 6.46. The van der Waals surface area contributed by atoms with Crippen molar-refractivity contribution < 1.29 is 4.79 Å². The van der Waals surface area contributed by atoms with Crippen LogP contribution in [0.15, 0.2) is 66.4 Å². The summed E-state index contributed by atoms with van der Waals surface area (Å²) in [6.45, 7) is 2.55. The number of fused-ring (bicyclic) bond motifs is 2. The van der Waals surface area contributed by atoms with Crippen LogP contribution in [0.2, 0.25) is 0 Å². The summed E-state index contributed by atoms with van der Waals surface area (Å²) in [6, 6.07) is 15.8. The summed E-state index contributed by atoms with van der Waals surface area (Å²) in [7, 11) is 0. The summed E-state index contributed by atoms with van der Waals surface area (Å²) >= 11 is 3.08. The Morgan fingerprint density at radius 2 is 1.93 bits per heavy atom. The van der Waals surface area contributed by atoms with Crippen molar-refractivity contribution in [3.05, 3.63) is 83.1 Å². The first-order valence-electron chi connectivity index (χ1n) is 9.65. The molecule has 30 heavy (non-hydrogen) atoms. The fourth-order valence-corrected chi connectivity index (χ4v) is 5.08. The molecule has 0 fully saturated rings. The van der Waals surface area contributed by atoms with Crippen LogP contribution in [0.1, 0.15) is 28.4 Å². The van der Waals surface area contributed by atoms with Gasteiger partial charge in [-0.25, -0.2) is 9.97 Å². The summed E-state index contributed by atoms with van der Waals surface area (Å²) in [6.07, 6.45) is 4.49. The predicted molar refractivity (Wildman–Crippen MR) is 123 cm³/mol. The van der Waals surface area contributed by atoms with Gasteiger partial charge in [-0.3, -0.25) is 14.7 Å². The first kappa shape index (κ1) is 18.8. The molecule has 5 rings (SSSR count). The zero-order valence-electron chi connectivity index (χ0n) is 16.3. The number of carbonyl (C=O) groups is 1. The number of nitrogens with zero attached hydrogens (tertiary/aromatic N) is 4. The van der Waals surface area contributed by atoms with E-state index in [4.69, 9.17) is 4.98 Å². The molecule has 0 atom stereocenters. The molecule has 0 spiro atoms. The second kappa shape index (κ2) is 7.93. The normalized spacial score (nSPS) is 11.2. The van der Waals surface area contributed by atoms with E-state index in [9.17, 15) is 4.79 Å². The highest BCUT2D eigenvalue weighted by Gasteiger charge is 2.22. The molecule has 5 aromatic rings. The monoisotopic (exact) mass is 430 g/mol. The van der Waals surface area contributed by atoms with E-state index in [-0.39, 0.29) is 5.91 Å². The highest BCUT2D eigenvalue weighted by Crippen LogP contribution is 2.32. The zero-order chi connectivity index (χ0) is 20.5. The van der Waals surface area contributed by atoms with Crippen molar-refractivity contribution >= 4 is 54.1 Å². The third kappa shape index (κ3) is 3.58. The fraction of sp³-hybridized carbons (Fsp3) is 0.130. The first-order chi connectivity index (χ1) is 14.7. The van der Waals surface area contributed by atoms with Gasteiger partial charge in [0.15, 0.2) is 5.13 Å². The molecule has 0 saturated carbocycles. The molecule has 0 aliphatic heterocycles. The summed E-state index contributed by atoms with van der Waals surface area (Å²) in [5.74, 6) is -0.0797. The molecule has 2 aromatic carbocycles. The standard InChI is InChI=1S/C23H18N4OS2/c1-2-15-5-7-19-21(10-15)30-23(26-19)27(13-16-4-3-9-24-12-16)22(28)17-6-8-18-20(11-17)29-14-25-18/h3-12,14H,2,13H2,1H3. The molecular weight excluding hydrogens is 412 g/mol. The van der Waals surface area contributed by atoms with Crippen LogP contribution in [-0.4, -0.2) is 20.9 Å². The van der Waals surface area contributed by atoms with Gasteiger partial charge in [-0.15, -0.1) is 11.3 Å². The Hall–Kier alpha value is -3.16. The Labute approximate surface area is 181 Å². The lowest BCUT2D eigenvalue weighted by Crippen LogP contribution is -2.30. The van der Waals surface area contributed by atoms with E-state index >= 15 is 0 Å². The number of carbonyl (C=O) groups excluding carboxylic acids is 1. The van der Waals surface area contributed by atoms with Gasteiger partial charge in [-0.05, 0) is 53.9 Å². The van der Waals surface area contributed by atoms with E-state index in [2.05, 4.69) is 29.0 Å². The largest absolute Gasteiger partial charge is 0.279 e. The Bertz CT molecular complexity index is 1340. The molecule has 148 valence electrons. The van der Waals surface area contributed by atoms with Gasteiger partial charge in [0.2, 0.25) is 0 Å². The van der Waals surface area contributed by atoms with Crippen LogP contribution in [0.25, 0.3) is 20.4 Å². The molecule has 7 heteroatoms. The Kier molecular flexibility index (Phi) is 4.98. The molecule has 3 heterocycles. The average molecular weight is 431 g/mol. The summed E-state index contributed by atoms with van der Waals surface area (Å²) < 4.78 is 2.09. The topological polar surface area (TPSA) is 59.0 Å². The molecule has 0 unspecified atom stereocenters. The smallest absolute Gasteiger partial charge is 0.260 e. The van der Waals surface area contributed by atoms with E-state index in [1.807, 2.05) is 36.4 Å². The van der Waals surface area contributed by atoms with Gasteiger partial charge in [-0.1, -0.05) is 30.4 Å².